The van der Waals surface area contributed by atoms with Crippen molar-refractivity contribution in [2.45, 2.75) is 79.1 Å². The van der Waals surface area contributed by atoms with E-state index in [-0.39, 0.29) is 11.3 Å². The summed E-state index contributed by atoms with van der Waals surface area (Å²) in [7, 11) is 0. The van der Waals surface area contributed by atoms with Crippen LogP contribution in [-0.2, 0) is 15.9 Å². The number of nitrogens with zero attached hydrogens (tertiary/aromatic N) is 2. The Morgan fingerprint density at radius 2 is 1.63 bits per heavy atom. The average Bonchev–Trinajstić information content (AvgIpc) is 2.80. The Labute approximate surface area is 185 Å². The number of nitrogens with one attached hydrogen (secondary N) is 2. The molecule has 0 aromatic carbocycles. The van der Waals surface area contributed by atoms with Crippen LogP contribution in [0, 0.1) is 6.92 Å². The van der Waals surface area contributed by atoms with E-state index in [2.05, 4.69) is 20.6 Å². The minimum atomic E-state index is -0.640. The molecule has 0 bridgehead atoms. The number of aryl methyl sites for hydroxylation is 1. The highest BCUT2D eigenvalue weighted by atomic mass is 35.5. The molecule has 0 radical (unpaired) electrons. The summed E-state index contributed by atoms with van der Waals surface area (Å²) >= 11 is 7.52. The Morgan fingerprint density at radius 1 is 1.07 bits per heavy atom. The van der Waals surface area contributed by atoms with Gasteiger partial charge < -0.3 is 14.8 Å². The third-order valence-corrected chi connectivity index (χ3v) is 5.19. The van der Waals surface area contributed by atoms with Gasteiger partial charge in [-0.3, -0.25) is 5.32 Å². The predicted molar refractivity (Wildman–Crippen MR) is 120 cm³/mol. The molecule has 0 saturated carbocycles. The zero-order valence-corrected chi connectivity index (χ0v) is 20.2. The van der Waals surface area contributed by atoms with E-state index in [1.807, 2.05) is 34.6 Å². The molecule has 0 aliphatic carbocycles. The summed E-state index contributed by atoms with van der Waals surface area (Å²) in [5.74, 6) is 0.298. The van der Waals surface area contributed by atoms with E-state index >= 15 is 0 Å². The molecule has 0 saturated heterocycles. The first-order valence-corrected chi connectivity index (χ1v) is 10.8. The van der Waals surface area contributed by atoms with E-state index in [4.69, 9.17) is 21.1 Å². The molecular weight excluding hydrogens is 428 g/mol. The van der Waals surface area contributed by atoms with E-state index < -0.39 is 23.4 Å². The highest BCUT2D eigenvalue weighted by Gasteiger charge is 2.22. The van der Waals surface area contributed by atoms with Gasteiger partial charge in [0.1, 0.15) is 11.2 Å². The Morgan fingerprint density at radius 3 is 2.20 bits per heavy atom. The van der Waals surface area contributed by atoms with Crippen LogP contribution in [0.5, 0.6) is 0 Å². The first-order valence-electron chi connectivity index (χ1n) is 9.59. The van der Waals surface area contributed by atoms with Gasteiger partial charge in [0.15, 0.2) is 5.82 Å². The van der Waals surface area contributed by atoms with Gasteiger partial charge in [-0.1, -0.05) is 0 Å². The number of aromatic nitrogens is 2. The minimum absolute atomic E-state index is 0.0286. The van der Waals surface area contributed by atoms with E-state index in [1.165, 1.54) is 11.3 Å². The number of carbonyl (C=O) groups excluding carboxylic acids is 2. The van der Waals surface area contributed by atoms with E-state index in [0.717, 1.165) is 10.4 Å². The molecule has 2 heterocycles. The number of halogens is 1. The van der Waals surface area contributed by atoms with Crippen LogP contribution in [-0.4, -0.2) is 39.4 Å². The SMILES string of the molecule is Cc1c(C[C@H](C)NC(=O)OC(C)(C)C)sc2c(NC(=O)OC(C)(C)C)nc(Cl)nc12. The maximum absolute atomic E-state index is 12.2. The first-order chi connectivity index (χ1) is 13.6. The van der Waals surface area contributed by atoms with Crippen LogP contribution in [0.15, 0.2) is 0 Å². The monoisotopic (exact) mass is 456 g/mol. The number of rotatable bonds is 4. The fourth-order valence-corrected chi connectivity index (χ4v) is 4.11. The Bertz CT molecular complexity index is 947. The number of hydrogen-bond donors (Lipinski definition) is 2. The molecule has 1 atom stereocenters. The number of amides is 2. The van der Waals surface area contributed by atoms with Crippen molar-refractivity contribution in [3.05, 3.63) is 15.7 Å². The third kappa shape index (κ3) is 6.98. The van der Waals surface area contributed by atoms with Crippen molar-refractivity contribution in [3.63, 3.8) is 0 Å². The number of fused-ring (bicyclic) bond motifs is 1. The number of hydrogen-bond acceptors (Lipinski definition) is 7. The molecule has 2 aromatic rings. The van der Waals surface area contributed by atoms with Crippen LogP contribution in [0.25, 0.3) is 10.2 Å². The van der Waals surface area contributed by atoms with Gasteiger partial charge in [-0.25, -0.2) is 14.6 Å². The van der Waals surface area contributed by atoms with Crippen LogP contribution in [0.1, 0.15) is 58.9 Å². The summed E-state index contributed by atoms with van der Waals surface area (Å²) in [6.45, 7) is 14.6. The summed E-state index contributed by atoms with van der Waals surface area (Å²) in [4.78, 5) is 33.7. The van der Waals surface area contributed by atoms with Crippen LogP contribution in [0.2, 0.25) is 5.28 Å². The summed E-state index contributed by atoms with van der Waals surface area (Å²) in [6, 6.07) is -0.169. The quantitative estimate of drug-likeness (QED) is 0.592. The van der Waals surface area contributed by atoms with Crippen LogP contribution in [0.4, 0.5) is 15.4 Å². The minimum Gasteiger partial charge on any atom is -0.444 e. The first kappa shape index (κ1) is 24.1. The van der Waals surface area contributed by atoms with Gasteiger partial charge in [0.25, 0.3) is 0 Å². The van der Waals surface area contributed by atoms with Crippen LogP contribution in [0.3, 0.4) is 0 Å². The van der Waals surface area contributed by atoms with Crippen molar-refractivity contribution in [3.8, 4) is 0 Å². The molecule has 2 rings (SSSR count). The standard InChI is InChI=1S/C20H29ClN4O4S/c1-10(22-17(26)28-19(3,4)5)9-12-11(2)13-14(30-12)15(24-16(21)23-13)25-18(27)29-20(6,7)8/h10H,9H2,1-8H3,(H,22,26)(H,23,24,25,27)/t10-/m0/s1. The van der Waals surface area contributed by atoms with Crippen LogP contribution >= 0.6 is 22.9 Å². The van der Waals surface area contributed by atoms with E-state index in [9.17, 15) is 9.59 Å². The lowest BCUT2D eigenvalue weighted by Crippen LogP contribution is -2.38. The zero-order valence-electron chi connectivity index (χ0n) is 18.6. The van der Waals surface area contributed by atoms with Gasteiger partial charge in [0.2, 0.25) is 5.28 Å². The van der Waals surface area contributed by atoms with Gasteiger partial charge in [0.05, 0.1) is 10.2 Å². The molecule has 30 heavy (non-hydrogen) atoms. The lowest BCUT2D eigenvalue weighted by Gasteiger charge is -2.21. The normalized spacial score (nSPS) is 13.1. The lowest BCUT2D eigenvalue weighted by atomic mass is 10.1. The molecule has 0 aliphatic rings. The molecule has 0 aliphatic heterocycles. The van der Waals surface area contributed by atoms with E-state index in [1.54, 1.807) is 20.8 Å². The van der Waals surface area contributed by atoms with Gasteiger partial charge in [0, 0.05) is 17.3 Å². The Hall–Kier alpha value is -2.13. The maximum atomic E-state index is 12.2. The molecule has 2 amide bonds. The molecule has 166 valence electrons. The van der Waals surface area contributed by atoms with Crippen molar-refractivity contribution >= 4 is 51.2 Å². The van der Waals surface area contributed by atoms with Crippen molar-refractivity contribution in [1.82, 2.24) is 15.3 Å². The molecule has 2 N–H and O–H groups in total. The fourth-order valence-electron chi connectivity index (χ4n) is 2.62. The van der Waals surface area contributed by atoms with Gasteiger partial charge in [-0.2, -0.15) is 4.98 Å². The number of alkyl carbamates (subject to hydrolysis) is 1. The third-order valence-electron chi connectivity index (χ3n) is 3.71. The second kappa shape index (κ2) is 8.93. The van der Waals surface area contributed by atoms with Gasteiger partial charge in [-0.15, -0.1) is 11.3 Å². The molecular formula is C20H29ClN4O4S. The highest BCUT2D eigenvalue weighted by Crippen LogP contribution is 2.35. The van der Waals surface area contributed by atoms with Crippen molar-refractivity contribution in [1.29, 1.82) is 0 Å². The fraction of sp³-hybridized carbons (Fsp3) is 0.600. The van der Waals surface area contributed by atoms with Gasteiger partial charge >= 0.3 is 12.2 Å². The maximum Gasteiger partial charge on any atom is 0.413 e. The van der Waals surface area contributed by atoms with Crippen molar-refractivity contribution in [2.24, 2.45) is 0 Å². The number of ether oxygens (including phenoxy) is 2. The second-order valence-electron chi connectivity index (χ2n) is 9.05. The van der Waals surface area contributed by atoms with E-state index in [0.29, 0.717) is 22.5 Å². The highest BCUT2D eigenvalue weighted by molar-refractivity contribution is 7.19. The summed E-state index contributed by atoms with van der Waals surface area (Å²) in [5.41, 5.74) is 0.375. The summed E-state index contributed by atoms with van der Waals surface area (Å²) in [6.07, 6.45) is -0.523. The number of carbonyl (C=O) groups is 2. The van der Waals surface area contributed by atoms with Crippen LogP contribution < -0.4 is 10.6 Å². The lowest BCUT2D eigenvalue weighted by molar-refractivity contribution is 0.0507. The van der Waals surface area contributed by atoms with Crippen molar-refractivity contribution < 1.29 is 19.1 Å². The zero-order chi connectivity index (χ0) is 22.9. The molecule has 2 aromatic heterocycles. The average molecular weight is 457 g/mol. The van der Waals surface area contributed by atoms with Crippen molar-refractivity contribution in [2.75, 3.05) is 5.32 Å². The number of anilines is 1. The second-order valence-corrected chi connectivity index (χ2v) is 10.5. The molecule has 8 nitrogen and oxygen atoms in total. The Balaban J connectivity index is 2.24. The number of thiophene rings is 1. The smallest absolute Gasteiger partial charge is 0.413 e. The molecule has 0 fully saturated rings. The molecule has 0 spiro atoms. The summed E-state index contributed by atoms with van der Waals surface area (Å²) < 4.78 is 11.3. The molecule has 0 unspecified atom stereocenters. The summed E-state index contributed by atoms with van der Waals surface area (Å²) in [5, 5.41) is 5.52. The predicted octanol–water partition coefficient (Wildman–Crippen LogP) is 5.46. The largest absolute Gasteiger partial charge is 0.444 e. The van der Waals surface area contributed by atoms with Gasteiger partial charge in [-0.05, 0) is 72.6 Å². The topological polar surface area (TPSA) is 102 Å². The Kier molecular flexibility index (Phi) is 7.19. The molecule has 10 heteroatoms.